The predicted molar refractivity (Wildman–Crippen MR) is 201 cm³/mol. The lowest BCUT2D eigenvalue weighted by Gasteiger charge is -2.08. The average Bonchev–Trinajstić information content (AvgIpc) is 3.80. The van der Waals surface area contributed by atoms with Gasteiger partial charge in [0.1, 0.15) is 0 Å². The van der Waals surface area contributed by atoms with Crippen molar-refractivity contribution >= 4 is 95.2 Å². The summed E-state index contributed by atoms with van der Waals surface area (Å²) in [5.74, 6) is 0. The predicted octanol–water partition coefficient (Wildman–Crippen LogP) is 13.8. The Morgan fingerprint density at radius 2 is 0.778 bits per heavy atom. The van der Waals surface area contributed by atoms with Gasteiger partial charge in [-0.1, -0.05) is 91.0 Å². The number of thiophene rings is 3. The molecule has 10 rings (SSSR count). The van der Waals surface area contributed by atoms with Crippen LogP contribution in [0.3, 0.4) is 0 Å². The summed E-state index contributed by atoms with van der Waals surface area (Å²) >= 11 is 5.66. The van der Waals surface area contributed by atoms with Crippen LogP contribution in [0.5, 0.6) is 0 Å². The lowest BCUT2D eigenvalue weighted by molar-refractivity contribution is 1.59. The number of hydrogen-bond donors (Lipinski definition) is 0. The molecule has 10 aromatic rings. The smallest absolute Gasteiger partial charge is 0.0542 e. The Bertz CT molecular complexity index is 2740. The molecular formula is C42H24S3. The van der Waals surface area contributed by atoms with E-state index in [0.717, 1.165) is 0 Å². The zero-order chi connectivity index (χ0) is 29.5. The van der Waals surface area contributed by atoms with Gasteiger partial charge in [-0.2, -0.15) is 0 Å². The van der Waals surface area contributed by atoms with E-state index in [1.165, 1.54) is 94.6 Å². The maximum atomic E-state index is 2.41. The van der Waals surface area contributed by atoms with Crippen molar-refractivity contribution < 1.29 is 0 Å². The van der Waals surface area contributed by atoms with E-state index in [-0.39, 0.29) is 0 Å². The minimum absolute atomic E-state index is 1.24. The molecule has 0 unspecified atom stereocenters. The molecule has 0 saturated heterocycles. The zero-order valence-electron chi connectivity index (χ0n) is 24.1. The summed E-state index contributed by atoms with van der Waals surface area (Å²) in [4.78, 5) is 0. The molecule has 0 radical (unpaired) electrons. The van der Waals surface area contributed by atoms with Gasteiger partial charge in [-0.25, -0.2) is 0 Å². The minimum Gasteiger partial charge on any atom is -0.144 e. The highest BCUT2D eigenvalue weighted by Crippen LogP contribution is 2.46. The molecule has 0 aliphatic carbocycles. The third kappa shape index (κ3) is 4.16. The molecular weight excluding hydrogens is 601 g/mol. The molecule has 0 fully saturated rings. The minimum atomic E-state index is 1.24. The maximum absolute atomic E-state index is 2.41. The highest BCUT2D eigenvalue weighted by Gasteiger charge is 2.14. The Morgan fingerprint density at radius 1 is 0.311 bits per heavy atom. The van der Waals surface area contributed by atoms with Crippen LogP contribution in [0.1, 0.15) is 0 Å². The molecule has 3 aromatic heterocycles. The Hall–Kier alpha value is -4.80. The van der Waals surface area contributed by atoms with Gasteiger partial charge in [0.25, 0.3) is 0 Å². The first kappa shape index (κ1) is 25.5. The molecule has 0 nitrogen and oxygen atoms in total. The number of rotatable bonds is 3. The summed E-state index contributed by atoms with van der Waals surface area (Å²) in [5.41, 5.74) is 7.48. The Balaban J connectivity index is 0.984. The molecule has 7 aromatic carbocycles. The lowest BCUT2D eigenvalue weighted by atomic mass is 9.96. The fraction of sp³-hybridized carbons (Fsp3) is 0. The monoisotopic (exact) mass is 624 g/mol. The van der Waals surface area contributed by atoms with Gasteiger partial charge in [0.2, 0.25) is 0 Å². The fourth-order valence-corrected chi connectivity index (χ4v) is 10.2. The Morgan fingerprint density at radius 3 is 1.40 bits per heavy atom. The third-order valence-electron chi connectivity index (χ3n) is 9.13. The summed E-state index contributed by atoms with van der Waals surface area (Å²) in [5, 5.41) is 11.4. The van der Waals surface area contributed by atoms with E-state index in [0.29, 0.717) is 0 Å². The van der Waals surface area contributed by atoms with Gasteiger partial charge in [0.15, 0.2) is 0 Å². The summed E-state index contributed by atoms with van der Waals surface area (Å²) < 4.78 is 6.91. The van der Waals surface area contributed by atoms with Gasteiger partial charge in [0, 0.05) is 24.9 Å². The van der Waals surface area contributed by atoms with E-state index < -0.39 is 0 Å². The van der Waals surface area contributed by atoms with E-state index in [1.54, 1.807) is 11.3 Å². The van der Waals surface area contributed by atoms with Gasteiger partial charge in [0.05, 0.1) is 9.40 Å². The molecule has 3 heteroatoms. The average molecular weight is 625 g/mol. The number of benzene rings is 7. The molecule has 0 atom stereocenters. The largest absolute Gasteiger partial charge is 0.144 e. The summed E-state index contributed by atoms with van der Waals surface area (Å²) in [6, 6.07) is 52.0. The van der Waals surface area contributed by atoms with Gasteiger partial charge in [-0.3, -0.25) is 0 Å². The van der Waals surface area contributed by atoms with E-state index in [4.69, 9.17) is 0 Å². The standard InChI is InChI=1S/C42H24S3/c1-2-4-30-23-39-36(21-29(30)3-1)41-42(44-39)37-22-35-20-31(13-14-33(35)24-40(37)45-41)27-9-5-25(6-10-27)26-7-11-28(12-8-26)32-15-16-38-34(19-32)17-18-43-38/h1-24H. The fourth-order valence-electron chi connectivity index (χ4n) is 6.72. The van der Waals surface area contributed by atoms with E-state index in [1.807, 2.05) is 22.7 Å². The van der Waals surface area contributed by atoms with Crippen molar-refractivity contribution in [2.45, 2.75) is 0 Å². The van der Waals surface area contributed by atoms with Crippen LogP contribution < -0.4 is 0 Å². The Kier molecular flexibility index (Phi) is 5.59. The number of hydrogen-bond acceptors (Lipinski definition) is 3. The molecule has 3 heterocycles. The molecule has 0 saturated carbocycles. The quantitative estimate of drug-likeness (QED) is 0.183. The van der Waals surface area contributed by atoms with Crippen LogP contribution in [-0.4, -0.2) is 0 Å². The first-order valence-electron chi connectivity index (χ1n) is 15.1. The summed E-state index contributed by atoms with van der Waals surface area (Å²) in [6.45, 7) is 0. The maximum Gasteiger partial charge on any atom is 0.0542 e. The second-order valence-electron chi connectivity index (χ2n) is 11.8. The van der Waals surface area contributed by atoms with Crippen molar-refractivity contribution in [3.63, 3.8) is 0 Å². The first-order chi connectivity index (χ1) is 22.2. The normalized spacial score (nSPS) is 12.0. The topological polar surface area (TPSA) is 0 Å². The van der Waals surface area contributed by atoms with Crippen molar-refractivity contribution in [3.05, 3.63) is 145 Å². The van der Waals surface area contributed by atoms with Crippen LogP contribution in [0.15, 0.2) is 145 Å². The van der Waals surface area contributed by atoms with Crippen molar-refractivity contribution in [2.75, 3.05) is 0 Å². The second-order valence-corrected chi connectivity index (χ2v) is 14.8. The van der Waals surface area contributed by atoms with Gasteiger partial charge in [-0.15, -0.1) is 34.0 Å². The molecule has 0 aliphatic rings. The number of fused-ring (bicyclic) bond motifs is 8. The summed E-state index contributed by atoms with van der Waals surface area (Å²) in [7, 11) is 0. The molecule has 0 N–H and O–H groups in total. The first-order valence-corrected chi connectivity index (χ1v) is 17.6. The Labute approximate surface area is 272 Å². The molecule has 210 valence electrons. The van der Waals surface area contributed by atoms with E-state index >= 15 is 0 Å². The third-order valence-corrected chi connectivity index (χ3v) is 12.5. The summed E-state index contributed by atoms with van der Waals surface area (Å²) in [6.07, 6.45) is 0. The highest BCUT2D eigenvalue weighted by molar-refractivity contribution is 7.36. The van der Waals surface area contributed by atoms with Crippen molar-refractivity contribution in [1.29, 1.82) is 0 Å². The lowest BCUT2D eigenvalue weighted by Crippen LogP contribution is -1.83. The van der Waals surface area contributed by atoms with Gasteiger partial charge >= 0.3 is 0 Å². The zero-order valence-corrected chi connectivity index (χ0v) is 26.5. The van der Waals surface area contributed by atoms with E-state index in [2.05, 4.69) is 145 Å². The molecule has 45 heavy (non-hydrogen) atoms. The highest BCUT2D eigenvalue weighted by atomic mass is 32.1. The SMILES string of the molecule is c1ccc2cc3c(cc2c1)sc1c2cc4cc(-c5ccc(-c6ccc(-c7ccc8sccc8c7)cc6)cc5)ccc4cc2sc31. The van der Waals surface area contributed by atoms with Crippen LogP contribution in [0.2, 0.25) is 0 Å². The molecule has 0 spiro atoms. The van der Waals surface area contributed by atoms with Crippen LogP contribution in [-0.2, 0) is 0 Å². The van der Waals surface area contributed by atoms with E-state index in [9.17, 15) is 0 Å². The van der Waals surface area contributed by atoms with Crippen molar-refractivity contribution in [1.82, 2.24) is 0 Å². The van der Waals surface area contributed by atoms with Crippen LogP contribution in [0.25, 0.3) is 94.6 Å². The molecule has 0 bridgehead atoms. The molecule has 0 amide bonds. The molecule has 0 aliphatic heterocycles. The van der Waals surface area contributed by atoms with Crippen molar-refractivity contribution in [3.8, 4) is 33.4 Å². The van der Waals surface area contributed by atoms with Gasteiger partial charge in [-0.05, 0) is 114 Å². The van der Waals surface area contributed by atoms with Crippen LogP contribution in [0, 0.1) is 0 Å². The van der Waals surface area contributed by atoms with Crippen molar-refractivity contribution in [2.24, 2.45) is 0 Å². The van der Waals surface area contributed by atoms with Crippen LogP contribution >= 0.6 is 34.0 Å². The van der Waals surface area contributed by atoms with Gasteiger partial charge < -0.3 is 0 Å². The van der Waals surface area contributed by atoms with Crippen LogP contribution in [0.4, 0.5) is 0 Å². The second kappa shape index (κ2) is 9.85.